The van der Waals surface area contributed by atoms with Gasteiger partial charge in [0.1, 0.15) is 5.75 Å². The Labute approximate surface area is 219 Å². The fraction of sp³-hybridized carbons (Fsp3) is 0.742. The minimum atomic E-state index is 0.860. The lowest BCUT2D eigenvalue weighted by molar-refractivity contribution is 0.306. The van der Waals surface area contributed by atoms with E-state index in [2.05, 4.69) is 36.7 Å². The Morgan fingerprint density at radius 1 is 0.529 bits per heavy atom. The Balaban J connectivity index is 1.59. The van der Waals surface area contributed by atoms with Crippen LogP contribution < -0.4 is 4.74 Å². The Bertz CT molecular complexity index is 642. The molecule has 0 unspecified atom stereocenters. The van der Waals surface area contributed by atoms with Gasteiger partial charge in [0.15, 0.2) is 0 Å². The molecule has 0 aromatic carbocycles. The summed E-state index contributed by atoms with van der Waals surface area (Å²) in [6.07, 6.45) is 27.5. The summed E-state index contributed by atoms with van der Waals surface area (Å²) >= 11 is 3.74. The van der Waals surface area contributed by atoms with Crippen molar-refractivity contribution < 1.29 is 4.74 Å². The van der Waals surface area contributed by atoms with E-state index in [9.17, 15) is 0 Å². The van der Waals surface area contributed by atoms with Gasteiger partial charge in [-0.3, -0.25) is 0 Å². The molecule has 3 heteroatoms. The third-order valence-electron chi connectivity index (χ3n) is 6.89. The van der Waals surface area contributed by atoms with E-state index in [1.54, 1.807) is 0 Å². The predicted octanol–water partition coefficient (Wildman–Crippen LogP) is 11.8. The second kappa shape index (κ2) is 20.4. The van der Waals surface area contributed by atoms with Gasteiger partial charge in [-0.2, -0.15) is 0 Å². The normalized spacial score (nSPS) is 11.4. The quantitative estimate of drug-likeness (QED) is 0.137. The van der Waals surface area contributed by atoms with Crippen LogP contribution in [0, 0.1) is 0 Å². The lowest BCUT2D eigenvalue weighted by atomic mass is 10.0. The summed E-state index contributed by atoms with van der Waals surface area (Å²) in [5.41, 5.74) is 1.53. The molecular weight excluding hydrogens is 452 g/mol. The monoisotopic (exact) mass is 504 g/mol. The fourth-order valence-electron chi connectivity index (χ4n) is 4.71. The zero-order valence-corrected chi connectivity index (χ0v) is 24.0. The molecule has 0 spiro atoms. The average Bonchev–Trinajstić information content (AvgIpc) is 3.50. The van der Waals surface area contributed by atoms with Gasteiger partial charge < -0.3 is 4.74 Å². The molecule has 0 N–H and O–H groups in total. The number of rotatable bonds is 23. The average molecular weight is 505 g/mol. The van der Waals surface area contributed by atoms with E-state index in [1.807, 2.05) is 22.7 Å². The summed E-state index contributed by atoms with van der Waals surface area (Å²) in [6, 6.07) is 4.52. The molecule has 0 aliphatic rings. The highest BCUT2D eigenvalue weighted by Crippen LogP contribution is 2.41. The first kappa shape index (κ1) is 29.4. The Hall–Kier alpha value is -0.800. The maximum absolute atomic E-state index is 6.24. The largest absolute Gasteiger partial charge is 0.492 e. The lowest BCUT2D eigenvalue weighted by Gasteiger charge is -2.08. The summed E-state index contributed by atoms with van der Waals surface area (Å²) in [7, 11) is 0. The van der Waals surface area contributed by atoms with Crippen LogP contribution in [0.25, 0.3) is 9.75 Å². The van der Waals surface area contributed by atoms with Gasteiger partial charge in [-0.05, 0) is 47.7 Å². The Morgan fingerprint density at radius 3 is 1.59 bits per heavy atom. The number of hydrogen-bond donors (Lipinski definition) is 0. The van der Waals surface area contributed by atoms with E-state index >= 15 is 0 Å². The molecule has 0 fully saturated rings. The van der Waals surface area contributed by atoms with Gasteiger partial charge in [-0.25, -0.2) is 0 Å². The van der Waals surface area contributed by atoms with Crippen molar-refractivity contribution in [3.8, 4) is 15.5 Å². The van der Waals surface area contributed by atoms with Crippen molar-refractivity contribution in [1.29, 1.82) is 0 Å². The van der Waals surface area contributed by atoms with E-state index in [1.165, 1.54) is 144 Å². The second-order valence-corrected chi connectivity index (χ2v) is 11.8. The SMILES string of the molecule is CCCCCCCCCCCCc1ccsc1-c1sccc1OCCCCCCCCCCC. The van der Waals surface area contributed by atoms with Crippen LogP contribution in [0.2, 0.25) is 0 Å². The van der Waals surface area contributed by atoms with E-state index in [0.29, 0.717) is 0 Å². The van der Waals surface area contributed by atoms with Crippen LogP contribution in [0.5, 0.6) is 5.75 Å². The second-order valence-electron chi connectivity index (χ2n) is 10.00. The number of aryl methyl sites for hydroxylation is 1. The third kappa shape index (κ3) is 12.8. The van der Waals surface area contributed by atoms with Gasteiger partial charge in [0.25, 0.3) is 0 Å². The Morgan fingerprint density at radius 2 is 1.00 bits per heavy atom. The van der Waals surface area contributed by atoms with E-state index in [-0.39, 0.29) is 0 Å². The number of thiophene rings is 2. The van der Waals surface area contributed by atoms with Crippen molar-refractivity contribution in [3.05, 3.63) is 28.5 Å². The molecule has 0 bridgehead atoms. The van der Waals surface area contributed by atoms with Crippen LogP contribution in [0.1, 0.15) is 141 Å². The Kier molecular flexibility index (Phi) is 17.7. The van der Waals surface area contributed by atoms with Gasteiger partial charge in [-0.1, -0.05) is 123 Å². The molecule has 2 aromatic rings. The molecule has 2 heterocycles. The summed E-state index contributed by atoms with van der Waals surface area (Å²) < 4.78 is 6.24. The molecular formula is C31H52OS2. The highest BCUT2D eigenvalue weighted by atomic mass is 32.1. The molecule has 34 heavy (non-hydrogen) atoms. The smallest absolute Gasteiger partial charge is 0.138 e. The van der Waals surface area contributed by atoms with E-state index < -0.39 is 0 Å². The van der Waals surface area contributed by atoms with Crippen LogP contribution in [0.3, 0.4) is 0 Å². The molecule has 0 radical (unpaired) electrons. The fourth-order valence-corrected chi connectivity index (χ4v) is 6.70. The standard InChI is InChI=1S/C31H52OS2/c1-3-5-7-9-11-13-14-16-18-20-22-28-23-26-33-30(28)31-29(24-27-34-31)32-25-21-19-17-15-12-10-8-6-4-2/h23-24,26-27H,3-22,25H2,1-2H3. The third-order valence-corrected chi connectivity index (χ3v) is 8.90. The minimum absolute atomic E-state index is 0.860. The number of unbranched alkanes of at least 4 members (excludes halogenated alkanes) is 17. The molecule has 194 valence electrons. The van der Waals surface area contributed by atoms with Crippen molar-refractivity contribution >= 4 is 22.7 Å². The van der Waals surface area contributed by atoms with Gasteiger partial charge in [-0.15, -0.1) is 22.7 Å². The first-order chi connectivity index (χ1) is 16.9. The zero-order chi connectivity index (χ0) is 24.1. The maximum Gasteiger partial charge on any atom is 0.138 e. The van der Waals surface area contributed by atoms with Crippen LogP contribution >= 0.6 is 22.7 Å². The summed E-state index contributed by atoms with van der Waals surface area (Å²) in [6.45, 7) is 5.44. The van der Waals surface area contributed by atoms with Gasteiger partial charge >= 0.3 is 0 Å². The van der Waals surface area contributed by atoms with Gasteiger partial charge in [0.2, 0.25) is 0 Å². The van der Waals surface area contributed by atoms with Crippen molar-refractivity contribution in [2.75, 3.05) is 6.61 Å². The van der Waals surface area contributed by atoms with Crippen molar-refractivity contribution in [2.24, 2.45) is 0 Å². The number of hydrogen-bond acceptors (Lipinski definition) is 3. The maximum atomic E-state index is 6.24. The molecule has 0 saturated heterocycles. The molecule has 2 aromatic heterocycles. The number of ether oxygens (including phenoxy) is 1. The van der Waals surface area contributed by atoms with E-state index in [0.717, 1.165) is 12.4 Å². The summed E-state index contributed by atoms with van der Waals surface area (Å²) in [5, 5.41) is 4.47. The summed E-state index contributed by atoms with van der Waals surface area (Å²) in [4.78, 5) is 2.81. The topological polar surface area (TPSA) is 9.23 Å². The van der Waals surface area contributed by atoms with Crippen LogP contribution in [-0.4, -0.2) is 6.61 Å². The predicted molar refractivity (Wildman–Crippen MR) is 156 cm³/mol. The minimum Gasteiger partial charge on any atom is -0.492 e. The van der Waals surface area contributed by atoms with Crippen molar-refractivity contribution in [3.63, 3.8) is 0 Å². The van der Waals surface area contributed by atoms with Crippen LogP contribution in [-0.2, 0) is 6.42 Å². The lowest BCUT2D eigenvalue weighted by Crippen LogP contribution is -1.97. The van der Waals surface area contributed by atoms with Crippen molar-refractivity contribution in [2.45, 2.75) is 142 Å². The zero-order valence-electron chi connectivity index (χ0n) is 22.4. The molecule has 0 aliphatic heterocycles. The highest BCUT2D eigenvalue weighted by molar-refractivity contribution is 7.20. The molecule has 0 aliphatic carbocycles. The molecule has 0 atom stereocenters. The first-order valence-electron chi connectivity index (χ1n) is 14.6. The van der Waals surface area contributed by atoms with Crippen molar-refractivity contribution in [1.82, 2.24) is 0 Å². The molecule has 0 saturated carbocycles. The first-order valence-corrected chi connectivity index (χ1v) is 16.4. The van der Waals surface area contributed by atoms with Gasteiger partial charge in [0, 0.05) is 0 Å². The molecule has 0 amide bonds. The van der Waals surface area contributed by atoms with Crippen LogP contribution in [0.4, 0.5) is 0 Å². The van der Waals surface area contributed by atoms with E-state index in [4.69, 9.17) is 4.74 Å². The summed E-state index contributed by atoms with van der Waals surface area (Å²) in [5.74, 6) is 1.11. The molecule has 2 rings (SSSR count). The van der Waals surface area contributed by atoms with Gasteiger partial charge in [0.05, 0.1) is 16.4 Å². The highest BCUT2D eigenvalue weighted by Gasteiger charge is 2.14. The van der Waals surface area contributed by atoms with Crippen LogP contribution in [0.15, 0.2) is 22.9 Å². The molecule has 1 nitrogen and oxygen atoms in total.